The van der Waals surface area contributed by atoms with Crippen LogP contribution >= 0.6 is 0 Å². The van der Waals surface area contributed by atoms with Gasteiger partial charge in [0.2, 0.25) is 0 Å². The fraction of sp³-hybridized carbons (Fsp3) is 1.00. The standard InChI is InChI=1S/C16H33N/c1-3-5-13-16(10-4-2)17-14-15-11-8-6-7-9-12-15/h15-17H,3-14H2,1-2H3. The molecule has 0 radical (unpaired) electrons. The third-order valence-corrected chi connectivity index (χ3v) is 4.21. The van der Waals surface area contributed by atoms with Crippen LogP contribution in [-0.4, -0.2) is 12.6 Å². The zero-order chi connectivity index (χ0) is 12.3. The first kappa shape index (κ1) is 15.0. The van der Waals surface area contributed by atoms with E-state index in [1.54, 1.807) is 0 Å². The highest BCUT2D eigenvalue weighted by molar-refractivity contribution is 4.72. The van der Waals surface area contributed by atoms with Gasteiger partial charge in [0.05, 0.1) is 0 Å². The molecule has 0 aromatic rings. The highest BCUT2D eigenvalue weighted by Crippen LogP contribution is 2.22. The molecule has 17 heavy (non-hydrogen) atoms. The van der Waals surface area contributed by atoms with Crippen LogP contribution in [0.15, 0.2) is 0 Å². The summed E-state index contributed by atoms with van der Waals surface area (Å²) in [5.41, 5.74) is 0. The van der Waals surface area contributed by atoms with Crippen molar-refractivity contribution in [3.05, 3.63) is 0 Å². The highest BCUT2D eigenvalue weighted by Gasteiger charge is 2.14. The topological polar surface area (TPSA) is 12.0 Å². The van der Waals surface area contributed by atoms with Crippen LogP contribution < -0.4 is 5.32 Å². The van der Waals surface area contributed by atoms with E-state index < -0.39 is 0 Å². The molecule has 1 aliphatic rings. The minimum absolute atomic E-state index is 0.795. The maximum absolute atomic E-state index is 3.85. The number of hydrogen-bond donors (Lipinski definition) is 1. The second kappa shape index (κ2) is 9.94. The molecular formula is C16H33N. The predicted octanol–water partition coefficient (Wildman–Crippen LogP) is 4.91. The first-order valence-corrected chi connectivity index (χ1v) is 8.10. The molecule has 0 amide bonds. The number of hydrogen-bond acceptors (Lipinski definition) is 1. The summed E-state index contributed by atoms with van der Waals surface area (Å²) in [6, 6.07) is 0.795. The Morgan fingerprint density at radius 1 is 0.941 bits per heavy atom. The third kappa shape index (κ3) is 7.08. The molecule has 102 valence electrons. The van der Waals surface area contributed by atoms with Crippen LogP contribution in [-0.2, 0) is 0 Å². The first-order chi connectivity index (χ1) is 8.36. The Morgan fingerprint density at radius 2 is 1.65 bits per heavy atom. The number of unbranched alkanes of at least 4 members (excludes halogenated alkanes) is 1. The summed E-state index contributed by atoms with van der Waals surface area (Å²) in [5.74, 6) is 0.971. The molecule has 0 heterocycles. The van der Waals surface area contributed by atoms with E-state index in [2.05, 4.69) is 19.2 Å². The van der Waals surface area contributed by atoms with Crippen LogP contribution in [0.5, 0.6) is 0 Å². The number of rotatable bonds is 8. The normalized spacial score (nSPS) is 20.1. The van der Waals surface area contributed by atoms with E-state index in [-0.39, 0.29) is 0 Å². The lowest BCUT2D eigenvalue weighted by Gasteiger charge is -2.22. The van der Waals surface area contributed by atoms with Crippen LogP contribution in [0.4, 0.5) is 0 Å². The van der Waals surface area contributed by atoms with Gasteiger partial charge in [-0.2, -0.15) is 0 Å². The minimum atomic E-state index is 0.795. The maximum atomic E-state index is 3.85. The van der Waals surface area contributed by atoms with Crippen molar-refractivity contribution in [3.63, 3.8) is 0 Å². The summed E-state index contributed by atoms with van der Waals surface area (Å²) in [6.45, 7) is 5.90. The molecule has 1 unspecified atom stereocenters. The Balaban J connectivity index is 2.18. The van der Waals surface area contributed by atoms with Crippen molar-refractivity contribution in [2.75, 3.05) is 6.54 Å². The van der Waals surface area contributed by atoms with Crippen molar-refractivity contribution < 1.29 is 0 Å². The second-order valence-electron chi connectivity index (χ2n) is 5.89. The molecule has 1 atom stereocenters. The third-order valence-electron chi connectivity index (χ3n) is 4.21. The van der Waals surface area contributed by atoms with Gasteiger partial charge in [-0.05, 0) is 38.1 Å². The lowest BCUT2D eigenvalue weighted by molar-refractivity contribution is 0.363. The monoisotopic (exact) mass is 239 g/mol. The van der Waals surface area contributed by atoms with Crippen molar-refractivity contribution in [1.82, 2.24) is 5.32 Å². The van der Waals surface area contributed by atoms with Crippen LogP contribution in [0.2, 0.25) is 0 Å². The van der Waals surface area contributed by atoms with E-state index >= 15 is 0 Å². The fourth-order valence-corrected chi connectivity index (χ4v) is 3.05. The summed E-state index contributed by atoms with van der Waals surface area (Å²) < 4.78 is 0. The summed E-state index contributed by atoms with van der Waals surface area (Å²) >= 11 is 0. The Bertz CT molecular complexity index is 159. The van der Waals surface area contributed by atoms with E-state index in [9.17, 15) is 0 Å². The highest BCUT2D eigenvalue weighted by atomic mass is 14.9. The zero-order valence-electron chi connectivity index (χ0n) is 12.1. The first-order valence-electron chi connectivity index (χ1n) is 8.10. The summed E-state index contributed by atoms with van der Waals surface area (Å²) in [6.07, 6.45) is 15.7. The minimum Gasteiger partial charge on any atom is -0.314 e. The Kier molecular flexibility index (Phi) is 8.78. The van der Waals surface area contributed by atoms with Crippen LogP contribution in [0.1, 0.15) is 84.5 Å². The van der Waals surface area contributed by atoms with E-state index in [0.717, 1.165) is 12.0 Å². The lowest BCUT2D eigenvalue weighted by Crippen LogP contribution is -2.33. The molecule has 1 aliphatic carbocycles. The fourth-order valence-electron chi connectivity index (χ4n) is 3.05. The Hall–Kier alpha value is -0.0400. The molecule has 0 aliphatic heterocycles. The molecule has 1 rings (SSSR count). The van der Waals surface area contributed by atoms with Gasteiger partial charge in [0, 0.05) is 6.04 Å². The number of nitrogens with one attached hydrogen (secondary N) is 1. The summed E-state index contributed by atoms with van der Waals surface area (Å²) in [7, 11) is 0. The molecule has 1 nitrogen and oxygen atoms in total. The molecule has 1 N–H and O–H groups in total. The molecule has 1 saturated carbocycles. The molecule has 0 aromatic heterocycles. The van der Waals surface area contributed by atoms with Gasteiger partial charge >= 0.3 is 0 Å². The van der Waals surface area contributed by atoms with E-state index in [4.69, 9.17) is 0 Å². The van der Waals surface area contributed by atoms with Gasteiger partial charge in [-0.15, -0.1) is 0 Å². The smallest absolute Gasteiger partial charge is 0.00670 e. The van der Waals surface area contributed by atoms with Gasteiger partial charge in [-0.3, -0.25) is 0 Å². The van der Waals surface area contributed by atoms with E-state index in [1.165, 1.54) is 77.2 Å². The SMILES string of the molecule is CCCCC(CCC)NCC1CCCCCC1. The van der Waals surface area contributed by atoms with Gasteiger partial charge < -0.3 is 5.32 Å². The molecule has 0 saturated heterocycles. The molecule has 0 aromatic carbocycles. The van der Waals surface area contributed by atoms with Crippen molar-refractivity contribution in [3.8, 4) is 0 Å². The molecule has 0 bridgehead atoms. The van der Waals surface area contributed by atoms with Crippen LogP contribution in [0, 0.1) is 5.92 Å². The van der Waals surface area contributed by atoms with Crippen LogP contribution in [0.3, 0.4) is 0 Å². The van der Waals surface area contributed by atoms with Crippen molar-refractivity contribution in [2.24, 2.45) is 5.92 Å². The van der Waals surface area contributed by atoms with Gasteiger partial charge in [0.1, 0.15) is 0 Å². The average Bonchev–Trinajstić information content (AvgIpc) is 2.61. The quantitative estimate of drug-likeness (QED) is 0.594. The zero-order valence-corrected chi connectivity index (χ0v) is 12.1. The van der Waals surface area contributed by atoms with E-state index in [0.29, 0.717) is 0 Å². The Labute approximate surface area is 109 Å². The lowest BCUT2D eigenvalue weighted by atomic mass is 9.98. The van der Waals surface area contributed by atoms with Crippen molar-refractivity contribution in [1.29, 1.82) is 0 Å². The van der Waals surface area contributed by atoms with E-state index in [1.807, 2.05) is 0 Å². The average molecular weight is 239 g/mol. The van der Waals surface area contributed by atoms with Crippen molar-refractivity contribution >= 4 is 0 Å². The van der Waals surface area contributed by atoms with Gasteiger partial charge in [-0.1, -0.05) is 58.8 Å². The molecular weight excluding hydrogens is 206 g/mol. The van der Waals surface area contributed by atoms with Gasteiger partial charge in [0.15, 0.2) is 0 Å². The summed E-state index contributed by atoms with van der Waals surface area (Å²) in [4.78, 5) is 0. The van der Waals surface area contributed by atoms with Gasteiger partial charge in [-0.25, -0.2) is 0 Å². The summed E-state index contributed by atoms with van der Waals surface area (Å²) in [5, 5.41) is 3.85. The van der Waals surface area contributed by atoms with Gasteiger partial charge in [0.25, 0.3) is 0 Å². The van der Waals surface area contributed by atoms with Crippen molar-refractivity contribution in [2.45, 2.75) is 90.5 Å². The molecule has 0 spiro atoms. The van der Waals surface area contributed by atoms with Crippen LogP contribution in [0.25, 0.3) is 0 Å². The molecule has 1 heteroatoms. The molecule has 1 fully saturated rings. The predicted molar refractivity (Wildman–Crippen MR) is 77.4 cm³/mol. The second-order valence-corrected chi connectivity index (χ2v) is 5.89. The largest absolute Gasteiger partial charge is 0.314 e. The maximum Gasteiger partial charge on any atom is 0.00670 e. The Morgan fingerprint density at radius 3 is 2.24 bits per heavy atom.